The van der Waals surface area contributed by atoms with E-state index >= 15 is 0 Å². The molecule has 4 heteroatoms. The van der Waals surface area contributed by atoms with E-state index < -0.39 is 14.7 Å². The Morgan fingerprint density at radius 1 is 1.00 bits per heavy atom. The molecule has 0 radical (unpaired) electrons. The van der Waals surface area contributed by atoms with Gasteiger partial charge in [0.15, 0.2) is 0 Å². The Kier molecular flexibility index (Phi) is 5.07. The molecule has 2 aromatic carbocycles. The van der Waals surface area contributed by atoms with E-state index in [1.165, 1.54) is 10.0 Å². The summed E-state index contributed by atoms with van der Waals surface area (Å²) in [4.78, 5) is 2.40. The van der Waals surface area contributed by atoms with Gasteiger partial charge in [-0.2, -0.15) is 0 Å². The molecule has 1 N–H and O–H groups in total. The van der Waals surface area contributed by atoms with Gasteiger partial charge in [-0.3, -0.25) is 0 Å². The molecule has 22 heavy (non-hydrogen) atoms. The number of para-hydroxylation sites is 2. The number of hydrogen-bond donors (Lipinski definition) is 1. The van der Waals surface area contributed by atoms with Crippen LogP contribution in [0.4, 0.5) is 5.69 Å². The topological polar surface area (TPSA) is 24.5 Å². The van der Waals surface area contributed by atoms with Crippen molar-refractivity contribution in [2.75, 3.05) is 31.1 Å². The fraction of sp³-hybridized carbons (Fsp3) is 0.333. The summed E-state index contributed by atoms with van der Waals surface area (Å²) < 4.78 is 7.66. The zero-order chi connectivity index (χ0) is 15.4. The van der Waals surface area contributed by atoms with Crippen molar-refractivity contribution in [2.24, 2.45) is 0 Å². The second-order valence-corrected chi connectivity index (χ2v) is 10.5. The van der Waals surface area contributed by atoms with Gasteiger partial charge < -0.3 is 0 Å². The third-order valence-electron chi connectivity index (χ3n) is 3.88. The summed E-state index contributed by atoms with van der Waals surface area (Å²) in [5.41, 5.74) is 5.89. The van der Waals surface area contributed by atoms with Crippen LogP contribution in [0.1, 0.15) is 0 Å². The Morgan fingerprint density at radius 2 is 1.77 bits per heavy atom. The molecule has 1 saturated heterocycles. The van der Waals surface area contributed by atoms with Gasteiger partial charge in [-0.15, -0.1) is 0 Å². The number of nitrogens with zero attached hydrogens (tertiary/aromatic N) is 1. The molecule has 0 amide bonds. The van der Waals surface area contributed by atoms with Crippen molar-refractivity contribution in [3.63, 3.8) is 0 Å². The third kappa shape index (κ3) is 3.66. The standard InChI is InChI=1S/C18H23AsN2O/c1-19(2)15-6-5-7-16(14-15)22-18-9-4-3-8-17(18)21-12-10-20-11-13-21/h3-9,14,20H,10-13H2,1-2H3. The van der Waals surface area contributed by atoms with Crippen LogP contribution in [0.25, 0.3) is 0 Å². The van der Waals surface area contributed by atoms with Crippen molar-refractivity contribution in [1.82, 2.24) is 5.32 Å². The Balaban J connectivity index is 1.84. The fourth-order valence-electron chi connectivity index (χ4n) is 2.66. The van der Waals surface area contributed by atoms with Crippen molar-refractivity contribution in [2.45, 2.75) is 11.4 Å². The maximum absolute atomic E-state index is 6.21. The van der Waals surface area contributed by atoms with E-state index in [0.717, 1.165) is 37.7 Å². The van der Waals surface area contributed by atoms with Gasteiger partial charge in [0.1, 0.15) is 0 Å². The molecule has 0 unspecified atom stereocenters. The van der Waals surface area contributed by atoms with Gasteiger partial charge in [0.2, 0.25) is 0 Å². The van der Waals surface area contributed by atoms with Crippen LogP contribution in [0.2, 0.25) is 11.4 Å². The number of hydrogen-bond acceptors (Lipinski definition) is 3. The summed E-state index contributed by atoms with van der Waals surface area (Å²) in [5.74, 6) is 1.90. The van der Waals surface area contributed by atoms with Crippen LogP contribution in [0, 0.1) is 0 Å². The molecule has 0 aliphatic carbocycles. The molecule has 1 heterocycles. The summed E-state index contributed by atoms with van der Waals surface area (Å²) in [7, 11) is 0. The average Bonchev–Trinajstić information content (AvgIpc) is 2.56. The molecule has 0 spiro atoms. The van der Waals surface area contributed by atoms with Crippen LogP contribution in [0.3, 0.4) is 0 Å². The average molecular weight is 358 g/mol. The van der Waals surface area contributed by atoms with Gasteiger partial charge in [-0.1, -0.05) is 0 Å². The number of nitrogens with one attached hydrogen (secondary N) is 1. The number of anilines is 1. The predicted octanol–water partition coefficient (Wildman–Crippen LogP) is 2.85. The van der Waals surface area contributed by atoms with E-state index in [1.807, 2.05) is 6.07 Å². The summed E-state index contributed by atoms with van der Waals surface area (Å²) in [6.07, 6.45) is 0. The van der Waals surface area contributed by atoms with E-state index in [0.29, 0.717) is 0 Å². The molecule has 116 valence electrons. The predicted molar refractivity (Wildman–Crippen MR) is 95.2 cm³/mol. The van der Waals surface area contributed by atoms with Crippen LogP contribution in [0.5, 0.6) is 11.5 Å². The molecule has 0 bridgehead atoms. The molecule has 3 rings (SSSR count). The molecule has 2 aromatic rings. The summed E-state index contributed by atoms with van der Waals surface area (Å²) in [5, 5.41) is 3.40. The van der Waals surface area contributed by atoms with Crippen LogP contribution >= 0.6 is 0 Å². The van der Waals surface area contributed by atoms with Gasteiger partial charge in [0, 0.05) is 0 Å². The summed E-state index contributed by atoms with van der Waals surface area (Å²) >= 11 is -0.869. The number of rotatable bonds is 4. The molecule has 0 aromatic heterocycles. The Morgan fingerprint density at radius 3 is 2.55 bits per heavy atom. The molecule has 1 aliphatic heterocycles. The van der Waals surface area contributed by atoms with Crippen LogP contribution < -0.4 is 19.3 Å². The van der Waals surface area contributed by atoms with Crippen molar-refractivity contribution in [3.05, 3.63) is 48.5 Å². The van der Waals surface area contributed by atoms with Crippen molar-refractivity contribution in [3.8, 4) is 11.5 Å². The quantitative estimate of drug-likeness (QED) is 0.851. The monoisotopic (exact) mass is 358 g/mol. The molecule has 3 nitrogen and oxygen atoms in total. The SMILES string of the molecule is C[As](C)c1cccc(Oc2ccccc2N2CCNCC2)c1. The normalized spacial score (nSPS) is 15.1. The molecule has 1 fully saturated rings. The minimum atomic E-state index is -0.869. The molecular weight excluding hydrogens is 335 g/mol. The fourth-order valence-corrected chi connectivity index (χ4v) is 4.28. The third-order valence-corrected chi connectivity index (χ3v) is 6.64. The van der Waals surface area contributed by atoms with Crippen LogP contribution in [0.15, 0.2) is 48.5 Å². The van der Waals surface area contributed by atoms with Gasteiger partial charge in [-0.05, 0) is 0 Å². The molecule has 0 atom stereocenters. The van der Waals surface area contributed by atoms with Crippen molar-refractivity contribution < 1.29 is 4.74 Å². The Hall–Kier alpha value is -1.44. The first-order chi connectivity index (χ1) is 10.7. The van der Waals surface area contributed by atoms with Crippen LogP contribution in [-0.4, -0.2) is 40.8 Å². The number of piperazine rings is 1. The molecular formula is C18H23AsN2O. The first kappa shape index (κ1) is 15.5. The summed E-state index contributed by atoms with van der Waals surface area (Å²) in [6, 6.07) is 16.9. The van der Waals surface area contributed by atoms with Crippen molar-refractivity contribution >= 4 is 24.7 Å². The van der Waals surface area contributed by atoms with Gasteiger partial charge in [0.05, 0.1) is 0 Å². The Bertz CT molecular complexity index is 624. The number of benzene rings is 2. The van der Waals surface area contributed by atoms with E-state index in [1.54, 1.807) is 0 Å². The Labute approximate surface area is 137 Å². The second-order valence-electron chi connectivity index (χ2n) is 5.70. The first-order valence-corrected chi connectivity index (χ1v) is 12.4. The molecule has 1 aliphatic rings. The van der Waals surface area contributed by atoms with Crippen LogP contribution in [-0.2, 0) is 0 Å². The van der Waals surface area contributed by atoms with E-state index in [4.69, 9.17) is 4.74 Å². The number of ether oxygens (including phenoxy) is 1. The second kappa shape index (κ2) is 7.21. The van der Waals surface area contributed by atoms with Crippen molar-refractivity contribution in [1.29, 1.82) is 0 Å². The zero-order valence-electron chi connectivity index (χ0n) is 13.2. The van der Waals surface area contributed by atoms with E-state index in [9.17, 15) is 0 Å². The van der Waals surface area contributed by atoms with Gasteiger partial charge >= 0.3 is 137 Å². The van der Waals surface area contributed by atoms with Gasteiger partial charge in [-0.25, -0.2) is 0 Å². The van der Waals surface area contributed by atoms with E-state index in [-0.39, 0.29) is 0 Å². The summed E-state index contributed by atoms with van der Waals surface area (Å²) in [6.45, 7) is 4.12. The maximum atomic E-state index is 6.21. The van der Waals surface area contributed by atoms with E-state index in [2.05, 4.69) is 64.1 Å². The first-order valence-electron chi connectivity index (χ1n) is 7.74. The van der Waals surface area contributed by atoms with Gasteiger partial charge in [0.25, 0.3) is 0 Å². The molecule has 0 saturated carbocycles. The zero-order valence-corrected chi connectivity index (χ0v) is 15.1. The minimum absolute atomic E-state index is 0.869.